The fraction of sp³-hybridized carbons (Fsp3) is 0.154. The molecule has 1 atom stereocenters. The van der Waals surface area contributed by atoms with E-state index >= 15 is 0 Å². The van der Waals surface area contributed by atoms with Crippen LogP contribution in [0, 0.1) is 0 Å². The number of aromatic nitrogens is 1. The zero-order valence-electron chi connectivity index (χ0n) is 18.5. The summed E-state index contributed by atoms with van der Waals surface area (Å²) in [5.41, 5.74) is 1.61. The number of carbonyl (C=O) groups excluding carboxylic acids is 3. The molecule has 2 aliphatic rings. The van der Waals surface area contributed by atoms with Gasteiger partial charge in [-0.1, -0.05) is 42.5 Å². The van der Waals surface area contributed by atoms with Gasteiger partial charge in [0.2, 0.25) is 5.91 Å². The fourth-order valence-corrected chi connectivity index (χ4v) is 5.62. The number of carbonyl (C=O) groups is 3. The van der Waals surface area contributed by atoms with Crippen LogP contribution in [-0.2, 0) is 15.1 Å². The molecule has 9 heteroatoms. The quantitative estimate of drug-likeness (QED) is 0.424. The van der Waals surface area contributed by atoms with Crippen molar-refractivity contribution < 1.29 is 19.1 Å². The fourth-order valence-electron chi connectivity index (χ4n) is 4.61. The first kappa shape index (κ1) is 21.3. The van der Waals surface area contributed by atoms with Crippen molar-refractivity contribution in [3.8, 4) is 16.3 Å². The summed E-state index contributed by atoms with van der Waals surface area (Å²) in [6.07, 6.45) is 0.299. The minimum atomic E-state index is -1.22. The summed E-state index contributed by atoms with van der Waals surface area (Å²) in [5, 5.41) is 6.45. The third-order valence-electron chi connectivity index (χ3n) is 6.28. The van der Waals surface area contributed by atoms with Gasteiger partial charge in [0.05, 0.1) is 22.5 Å². The molecule has 174 valence electrons. The lowest BCUT2D eigenvalue weighted by Gasteiger charge is -2.33. The Morgan fingerprint density at radius 1 is 1.06 bits per heavy atom. The van der Waals surface area contributed by atoms with Crippen LogP contribution in [0.1, 0.15) is 12.0 Å². The number of hydrogen-bond acceptors (Lipinski definition) is 6. The molecule has 1 aromatic heterocycles. The normalized spacial score (nSPS) is 18.9. The van der Waals surface area contributed by atoms with Gasteiger partial charge in [0.1, 0.15) is 17.3 Å². The van der Waals surface area contributed by atoms with Crippen LogP contribution in [-0.4, -0.2) is 40.9 Å². The van der Waals surface area contributed by atoms with Crippen molar-refractivity contribution in [1.29, 1.82) is 0 Å². The highest BCUT2D eigenvalue weighted by molar-refractivity contribution is 7.21. The Balaban J connectivity index is 1.24. The first-order valence-electron chi connectivity index (χ1n) is 11.2. The van der Waals surface area contributed by atoms with Gasteiger partial charge in [-0.2, -0.15) is 0 Å². The number of amides is 4. The molecule has 35 heavy (non-hydrogen) atoms. The number of benzene rings is 3. The maximum absolute atomic E-state index is 13.4. The van der Waals surface area contributed by atoms with E-state index in [0.717, 1.165) is 25.7 Å². The number of para-hydroxylation sites is 3. The smallest absolute Gasteiger partial charge is 0.325 e. The lowest BCUT2D eigenvalue weighted by Crippen LogP contribution is -2.48. The zero-order valence-corrected chi connectivity index (χ0v) is 19.3. The van der Waals surface area contributed by atoms with Crippen molar-refractivity contribution >= 4 is 45.1 Å². The summed E-state index contributed by atoms with van der Waals surface area (Å²) in [5.74, 6) is -0.365. The lowest BCUT2D eigenvalue weighted by atomic mass is 9.84. The van der Waals surface area contributed by atoms with Crippen LogP contribution in [0.25, 0.3) is 20.8 Å². The van der Waals surface area contributed by atoms with E-state index in [0.29, 0.717) is 30.0 Å². The molecular formula is C26H20N4O4S. The van der Waals surface area contributed by atoms with Gasteiger partial charge in [-0.05, 0) is 30.3 Å². The van der Waals surface area contributed by atoms with E-state index in [1.165, 1.54) is 11.3 Å². The summed E-state index contributed by atoms with van der Waals surface area (Å²) in [4.78, 5) is 44.9. The standard InChI is InChI=1S/C26H20N4O4S/c31-22(27-18-9-3-1-7-16(18)23-28-19-10-4-6-12-21(19)35-23)15-30-24(32)26(29-25(30)33)13-14-34-20-11-5-2-8-17(20)26/h1-12H,13-15H2,(H,27,31)(H,29,33). The number of imide groups is 1. The van der Waals surface area contributed by atoms with Gasteiger partial charge in [0.25, 0.3) is 5.91 Å². The number of anilines is 1. The lowest BCUT2D eigenvalue weighted by molar-refractivity contribution is -0.135. The van der Waals surface area contributed by atoms with Gasteiger partial charge < -0.3 is 15.4 Å². The highest BCUT2D eigenvalue weighted by atomic mass is 32.1. The summed E-state index contributed by atoms with van der Waals surface area (Å²) >= 11 is 1.53. The van der Waals surface area contributed by atoms with E-state index in [4.69, 9.17) is 4.74 Å². The van der Waals surface area contributed by atoms with Crippen molar-refractivity contribution in [3.05, 3.63) is 78.4 Å². The van der Waals surface area contributed by atoms with E-state index in [-0.39, 0.29) is 0 Å². The molecule has 0 bridgehead atoms. The predicted octanol–water partition coefficient (Wildman–Crippen LogP) is 4.13. The first-order chi connectivity index (χ1) is 17.0. The van der Waals surface area contributed by atoms with Gasteiger partial charge in [-0.15, -0.1) is 11.3 Å². The van der Waals surface area contributed by atoms with Crippen LogP contribution in [0.4, 0.5) is 10.5 Å². The summed E-state index contributed by atoms with van der Waals surface area (Å²) in [6.45, 7) is -0.109. The van der Waals surface area contributed by atoms with Gasteiger partial charge in [0.15, 0.2) is 5.54 Å². The predicted molar refractivity (Wildman–Crippen MR) is 132 cm³/mol. The molecule has 1 saturated heterocycles. The number of ether oxygens (including phenoxy) is 1. The number of thiazole rings is 1. The SMILES string of the molecule is O=C(CN1C(=O)NC2(CCOc3ccccc32)C1=O)Nc1ccccc1-c1nc2ccccc2s1. The van der Waals surface area contributed by atoms with Crippen LogP contribution >= 0.6 is 11.3 Å². The Bertz CT molecular complexity index is 1470. The Hall–Kier alpha value is -4.24. The third-order valence-corrected chi connectivity index (χ3v) is 7.35. The molecule has 8 nitrogen and oxygen atoms in total. The second kappa shape index (κ2) is 8.21. The van der Waals surface area contributed by atoms with E-state index in [1.54, 1.807) is 24.3 Å². The van der Waals surface area contributed by atoms with Gasteiger partial charge >= 0.3 is 6.03 Å². The largest absolute Gasteiger partial charge is 0.493 e. The third kappa shape index (κ3) is 3.52. The molecule has 3 heterocycles. The number of fused-ring (bicyclic) bond motifs is 3. The Kier molecular flexibility index (Phi) is 5.00. The van der Waals surface area contributed by atoms with Crippen LogP contribution in [0.3, 0.4) is 0 Å². The van der Waals surface area contributed by atoms with E-state index in [2.05, 4.69) is 15.6 Å². The Morgan fingerprint density at radius 2 is 1.83 bits per heavy atom. The molecule has 2 N–H and O–H groups in total. The molecular weight excluding hydrogens is 464 g/mol. The second-order valence-electron chi connectivity index (χ2n) is 8.40. The topological polar surface area (TPSA) is 101 Å². The average molecular weight is 485 g/mol. The van der Waals surface area contributed by atoms with E-state index < -0.39 is 29.9 Å². The molecule has 0 radical (unpaired) electrons. The monoisotopic (exact) mass is 484 g/mol. The van der Waals surface area contributed by atoms with Crippen LogP contribution in [0.5, 0.6) is 5.75 Å². The minimum absolute atomic E-state index is 0.290. The molecule has 0 aliphatic carbocycles. The van der Waals surface area contributed by atoms with E-state index in [9.17, 15) is 14.4 Å². The van der Waals surface area contributed by atoms with Crippen LogP contribution < -0.4 is 15.4 Å². The highest BCUT2D eigenvalue weighted by Crippen LogP contribution is 2.41. The number of nitrogens with zero attached hydrogens (tertiary/aromatic N) is 2. The molecule has 2 aliphatic heterocycles. The maximum atomic E-state index is 13.4. The van der Waals surface area contributed by atoms with Gasteiger partial charge in [-0.25, -0.2) is 9.78 Å². The molecule has 0 saturated carbocycles. The molecule has 4 aromatic rings. The number of hydrogen-bond donors (Lipinski definition) is 2. The molecule has 1 unspecified atom stereocenters. The maximum Gasteiger partial charge on any atom is 0.325 e. The van der Waals surface area contributed by atoms with Crippen LogP contribution in [0.2, 0.25) is 0 Å². The molecule has 3 aromatic carbocycles. The van der Waals surface area contributed by atoms with Crippen molar-refractivity contribution in [2.24, 2.45) is 0 Å². The molecule has 1 spiro atoms. The zero-order chi connectivity index (χ0) is 24.0. The Morgan fingerprint density at radius 3 is 2.71 bits per heavy atom. The van der Waals surface area contributed by atoms with Crippen molar-refractivity contribution in [1.82, 2.24) is 15.2 Å². The molecule has 4 amide bonds. The molecule has 1 fully saturated rings. The summed E-state index contributed by atoms with van der Waals surface area (Å²) in [6, 6.07) is 21.7. The number of urea groups is 1. The van der Waals surface area contributed by atoms with Crippen LogP contribution in [0.15, 0.2) is 72.8 Å². The average Bonchev–Trinajstić information content (AvgIpc) is 3.40. The number of nitrogens with one attached hydrogen (secondary N) is 2. The summed E-state index contributed by atoms with van der Waals surface area (Å²) in [7, 11) is 0. The summed E-state index contributed by atoms with van der Waals surface area (Å²) < 4.78 is 6.71. The van der Waals surface area contributed by atoms with Gasteiger partial charge in [-0.3, -0.25) is 14.5 Å². The highest BCUT2D eigenvalue weighted by Gasteiger charge is 2.55. The van der Waals surface area contributed by atoms with Gasteiger partial charge in [0, 0.05) is 17.5 Å². The van der Waals surface area contributed by atoms with Crippen molar-refractivity contribution in [2.75, 3.05) is 18.5 Å². The van der Waals surface area contributed by atoms with E-state index in [1.807, 2.05) is 48.5 Å². The first-order valence-corrected chi connectivity index (χ1v) is 12.0. The Labute approximate surface area is 204 Å². The number of rotatable bonds is 4. The van der Waals surface area contributed by atoms with Crippen molar-refractivity contribution in [3.63, 3.8) is 0 Å². The molecule has 6 rings (SSSR count). The second-order valence-corrected chi connectivity index (χ2v) is 9.43. The van der Waals surface area contributed by atoms with Crippen molar-refractivity contribution in [2.45, 2.75) is 12.0 Å². The minimum Gasteiger partial charge on any atom is -0.493 e.